The lowest BCUT2D eigenvalue weighted by atomic mass is 10.2. The molecule has 0 aliphatic carbocycles. The van der Waals surface area contributed by atoms with E-state index in [1.165, 1.54) is 12.8 Å². The molecule has 0 aromatic heterocycles. The average Bonchev–Trinajstić information content (AvgIpc) is 1.89. The molecule has 0 amide bonds. The predicted molar refractivity (Wildman–Crippen MR) is 42.2 cm³/mol. The zero-order valence-electron chi connectivity index (χ0n) is 6.14. The van der Waals surface area contributed by atoms with Crippen molar-refractivity contribution in [2.24, 2.45) is 0 Å². The minimum atomic E-state index is 1.04. The summed E-state index contributed by atoms with van der Waals surface area (Å²) in [5, 5.41) is 0. The van der Waals surface area contributed by atoms with Crippen LogP contribution >= 0.6 is 0 Å². The highest BCUT2D eigenvalue weighted by Gasteiger charge is 1.76. The van der Waals surface area contributed by atoms with Crippen LogP contribution in [0, 0.1) is 6.58 Å². The molecule has 0 aromatic carbocycles. The van der Waals surface area contributed by atoms with Gasteiger partial charge in [-0.3, -0.25) is 0 Å². The molecule has 51 valence electrons. The number of rotatable bonds is 5. The number of hydrogen-bond donors (Lipinski definition) is 0. The summed E-state index contributed by atoms with van der Waals surface area (Å²) in [7, 11) is 0. The van der Waals surface area contributed by atoms with Crippen LogP contribution in [0.1, 0.15) is 32.6 Å². The first-order valence-electron chi connectivity index (χ1n) is 3.60. The quantitative estimate of drug-likeness (QED) is 0.389. The van der Waals surface area contributed by atoms with Crippen molar-refractivity contribution in [3.63, 3.8) is 0 Å². The molecule has 0 rings (SSSR count). The smallest absolute Gasteiger partial charge is 0.0345 e. The van der Waals surface area contributed by atoms with Crippen molar-refractivity contribution in [1.29, 1.82) is 0 Å². The third-order valence-electron chi connectivity index (χ3n) is 1.14. The standard InChI is InChI=1S/C9H15/c1-3-5-7-9-8-6-4-2/h1,3,6,8H,4-5,7,9H2,2H3. The van der Waals surface area contributed by atoms with Crippen LogP contribution in [-0.4, -0.2) is 0 Å². The Bertz CT molecular complexity index is 80.0. The summed E-state index contributed by atoms with van der Waals surface area (Å²) in [5.74, 6) is 0. The Morgan fingerprint density at radius 3 is 2.56 bits per heavy atom. The van der Waals surface area contributed by atoms with Gasteiger partial charge in [0.05, 0.1) is 0 Å². The van der Waals surface area contributed by atoms with Crippen LogP contribution in [0.5, 0.6) is 0 Å². The summed E-state index contributed by atoms with van der Waals surface area (Å²) < 4.78 is 0. The van der Waals surface area contributed by atoms with Gasteiger partial charge in [-0.15, -0.1) is 0 Å². The van der Waals surface area contributed by atoms with Gasteiger partial charge in [0.15, 0.2) is 0 Å². The Morgan fingerprint density at radius 1 is 1.22 bits per heavy atom. The van der Waals surface area contributed by atoms with E-state index in [1.54, 1.807) is 6.08 Å². The van der Waals surface area contributed by atoms with Crippen molar-refractivity contribution >= 4 is 0 Å². The lowest BCUT2D eigenvalue weighted by Gasteiger charge is -1.86. The summed E-state index contributed by atoms with van der Waals surface area (Å²) in [4.78, 5) is 0. The van der Waals surface area contributed by atoms with Crippen LogP contribution < -0.4 is 0 Å². The Labute approximate surface area is 58.3 Å². The molecule has 0 heteroatoms. The van der Waals surface area contributed by atoms with E-state index in [1.807, 2.05) is 0 Å². The van der Waals surface area contributed by atoms with Gasteiger partial charge in [-0.25, -0.2) is 0 Å². The highest BCUT2D eigenvalue weighted by atomic mass is 13.8. The topological polar surface area (TPSA) is 0 Å². The van der Waals surface area contributed by atoms with Crippen LogP contribution in [0.15, 0.2) is 18.2 Å². The van der Waals surface area contributed by atoms with E-state index < -0.39 is 0 Å². The van der Waals surface area contributed by atoms with Gasteiger partial charge < -0.3 is 0 Å². The molecule has 0 saturated carbocycles. The Kier molecular flexibility index (Phi) is 7.05. The fraction of sp³-hybridized carbons (Fsp3) is 0.556. The number of unbranched alkanes of at least 4 members (excludes halogenated alkanes) is 2. The van der Waals surface area contributed by atoms with E-state index >= 15 is 0 Å². The summed E-state index contributed by atoms with van der Waals surface area (Å²) in [6, 6.07) is 0. The minimum absolute atomic E-state index is 1.04. The summed E-state index contributed by atoms with van der Waals surface area (Å²) in [6.45, 7) is 7.34. The van der Waals surface area contributed by atoms with Crippen LogP contribution in [0.2, 0.25) is 0 Å². The maximum Gasteiger partial charge on any atom is -0.0345 e. The van der Waals surface area contributed by atoms with Crippen LogP contribution in [0.3, 0.4) is 0 Å². The molecule has 0 atom stereocenters. The lowest BCUT2D eigenvalue weighted by Crippen LogP contribution is -1.66. The molecule has 0 aliphatic rings. The Balaban J connectivity index is 2.90. The maximum absolute atomic E-state index is 5.19. The van der Waals surface area contributed by atoms with Gasteiger partial charge in [-0.05, 0) is 25.7 Å². The van der Waals surface area contributed by atoms with Crippen molar-refractivity contribution < 1.29 is 0 Å². The van der Waals surface area contributed by atoms with Crippen molar-refractivity contribution in [3.05, 3.63) is 24.8 Å². The monoisotopic (exact) mass is 123 g/mol. The fourth-order valence-corrected chi connectivity index (χ4v) is 0.638. The molecule has 0 aliphatic heterocycles. The minimum Gasteiger partial charge on any atom is -0.0888 e. The van der Waals surface area contributed by atoms with Crippen LogP contribution in [-0.2, 0) is 0 Å². The zero-order valence-corrected chi connectivity index (χ0v) is 6.14. The summed E-state index contributed by atoms with van der Waals surface area (Å²) in [5.41, 5.74) is 0. The molecule has 0 aromatic rings. The third-order valence-corrected chi connectivity index (χ3v) is 1.14. The first-order valence-corrected chi connectivity index (χ1v) is 3.60. The van der Waals surface area contributed by atoms with Gasteiger partial charge in [0.2, 0.25) is 0 Å². The molecule has 0 unspecified atom stereocenters. The molecule has 0 spiro atoms. The number of hydrogen-bond acceptors (Lipinski definition) is 0. The molecular formula is C9H15. The van der Waals surface area contributed by atoms with Crippen LogP contribution in [0.25, 0.3) is 0 Å². The third kappa shape index (κ3) is 7.48. The van der Waals surface area contributed by atoms with E-state index in [2.05, 4.69) is 19.1 Å². The molecule has 1 radical (unpaired) electrons. The van der Waals surface area contributed by atoms with E-state index in [4.69, 9.17) is 6.58 Å². The van der Waals surface area contributed by atoms with Gasteiger partial charge in [0, 0.05) is 0 Å². The van der Waals surface area contributed by atoms with Gasteiger partial charge in [-0.1, -0.05) is 31.7 Å². The Hall–Kier alpha value is -0.520. The molecule has 0 nitrogen and oxygen atoms in total. The molecule has 9 heavy (non-hydrogen) atoms. The van der Waals surface area contributed by atoms with Gasteiger partial charge in [0.25, 0.3) is 0 Å². The van der Waals surface area contributed by atoms with Crippen molar-refractivity contribution in [2.45, 2.75) is 32.6 Å². The molecule has 0 N–H and O–H groups in total. The van der Waals surface area contributed by atoms with Crippen molar-refractivity contribution in [1.82, 2.24) is 0 Å². The average molecular weight is 123 g/mol. The predicted octanol–water partition coefficient (Wildman–Crippen LogP) is 3.11. The second-order valence-corrected chi connectivity index (χ2v) is 2.05. The van der Waals surface area contributed by atoms with Crippen molar-refractivity contribution in [3.8, 4) is 0 Å². The van der Waals surface area contributed by atoms with E-state index in [9.17, 15) is 0 Å². The first-order chi connectivity index (χ1) is 4.41. The van der Waals surface area contributed by atoms with Gasteiger partial charge in [-0.2, -0.15) is 0 Å². The highest BCUT2D eigenvalue weighted by molar-refractivity contribution is 4.80. The molecule has 0 fully saturated rings. The molecule has 0 heterocycles. The fourth-order valence-electron chi connectivity index (χ4n) is 0.638. The molecule has 0 saturated heterocycles. The normalized spacial score (nSPS) is 10.3. The van der Waals surface area contributed by atoms with E-state index in [-0.39, 0.29) is 0 Å². The van der Waals surface area contributed by atoms with E-state index in [0.29, 0.717) is 0 Å². The second-order valence-electron chi connectivity index (χ2n) is 2.05. The number of allylic oxidation sites excluding steroid dienone is 3. The highest BCUT2D eigenvalue weighted by Crippen LogP contribution is 1.96. The molecular weight excluding hydrogens is 108 g/mol. The van der Waals surface area contributed by atoms with Gasteiger partial charge >= 0.3 is 0 Å². The van der Waals surface area contributed by atoms with Crippen LogP contribution in [0.4, 0.5) is 0 Å². The Morgan fingerprint density at radius 2 is 2.00 bits per heavy atom. The van der Waals surface area contributed by atoms with E-state index in [0.717, 1.165) is 12.8 Å². The summed E-state index contributed by atoms with van der Waals surface area (Å²) in [6.07, 6.45) is 10.7. The SMILES string of the molecule is [CH]=CCCCC=CCC. The largest absolute Gasteiger partial charge is 0.0888 e. The zero-order chi connectivity index (χ0) is 6.95. The first kappa shape index (κ1) is 8.48. The maximum atomic E-state index is 5.19. The van der Waals surface area contributed by atoms with Crippen molar-refractivity contribution in [2.75, 3.05) is 0 Å². The summed E-state index contributed by atoms with van der Waals surface area (Å²) >= 11 is 0. The second kappa shape index (κ2) is 7.48. The molecule has 0 bridgehead atoms. The lowest BCUT2D eigenvalue weighted by molar-refractivity contribution is 0.865. The van der Waals surface area contributed by atoms with Gasteiger partial charge in [0.1, 0.15) is 0 Å².